The summed E-state index contributed by atoms with van der Waals surface area (Å²) in [6.07, 6.45) is 1.45. The fraction of sp³-hybridized carbons (Fsp3) is 0. The molecule has 2 aromatic rings. The lowest BCUT2D eigenvalue weighted by atomic mass is 10.2. The van der Waals surface area contributed by atoms with Crippen molar-refractivity contribution >= 4 is 28.6 Å². The number of hydrogen-bond donors (Lipinski definition) is 2. The molecule has 0 saturated heterocycles. The van der Waals surface area contributed by atoms with Crippen LogP contribution in [-0.4, -0.2) is 9.97 Å². The Bertz CT molecular complexity index is 646. The zero-order valence-corrected chi connectivity index (χ0v) is 10.3. The van der Waals surface area contributed by atoms with Crippen molar-refractivity contribution in [2.45, 2.75) is 0 Å². The number of thiocarbonyl (C=S) groups is 1. The Hall–Kier alpha value is -2.15. The maximum Gasteiger partial charge on any atom is 0.182 e. The standard InChI is InChI=1S/C12H8F3N3S/c13-6-4-7(14)10(15)9(5-6)18-8-2-1-3-17-11(8)12(16)19/h1-5,18H,(H2,16,19). The Morgan fingerprint density at radius 2 is 1.95 bits per heavy atom. The molecule has 0 aliphatic heterocycles. The Kier molecular flexibility index (Phi) is 3.66. The smallest absolute Gasteiger partial charge is 0.182 e. The number of anilines is 2. The third-order valence-electron chi connectivity index (χ3n) is 2.30. The summed E-state index contributed by atoms with van der Waals surface area (Å²) in [6.45, 7) is 0. The van der Waals surface area contributed by atoms with E-state index in [1.807, 2.05) is 0 Å². The van der Waals surface area contributed by atoms with Crippen molar-refractivity contribution < 1.29 is 13.2 Å². The van der Waals surface area contributed by atoms with Crippen LogP contribution in [0.15, 0.2) is 30.5 Å². The number of aromatic nitrogens is 1. The van der Waals surface area contributed by atoms with E-state index in [0.717, 1.165) is 6.07 Å². The number of nitrogens with one attached hydrogen (secondary N) is 1. The van der Waals surface area contributed by atoms with Crippen molar-refractivity contribution in [2.75, 3.05) is 5.32 Å². The minimum Gasteiger partial charge on any atom is -0.388 e. The lowest BCUT2D eigenvalue weighted by Gasteiger charge is -2.11. The van der Waals surface area contributed by atoms with Gasteiger partial charge in [0.1, 0.15) is 16.5 Å². The lowest BCUT2D eigenvalue weighted by molar-refractivity contribution is 0.498. The van der Waals surface area contributed by atoms with Crippen molar-refractivity contribution in [2.24, 2.45) is 5.73 Å². The first-order chi connectivity index (χ1) is 8.99. The summed E-state index contributed by atoms with van der Waals surface area (Å²) in [5.74, 6) is -3.38. The third-order valence-corrected chi connectivity index (χ3v) is 2.50. The molecule has 3 N–H and O–H groups in total. The quantitative estimate of drug-likeness (QED) is 0.672. The van der Waals surface area contributed by atoms with Crippen LogP contribution < -0.4 is 11.1 Å². The fourth-order valence-corrected chi connectivity index (χ4v) is 1.66. The summed E-state index contributed by atoms with van der Waals surface area (Å²) >= 11 is 4.78. The Morgan fingerprint density at radius 3 is 2.63 bits per heavy atom. The van der Waals surface area contributed by atoms with E-state index in [2.05, 4.69) is 10.3 Å². The van der Waals surface area contributed by atoms with Crippen LogP contribution in [0.1, 0.15) is 5.69 Å². The predicted octanol–water partition coefficient (Wildman–Crippen LogP) is 2.88. The fourth-order valence-electron chi connectivity index (χ4n) is 1.49. The van der Waals surface area contributed by atoms with Crippen molar-refractivity contribution in [3.05, 3.63) is 53.6 Å². The summed E-state index contributed by atoms with van der Waals surface area (Å²) in [6, 6.07) is 4.36. The number of pyridine rings is 1. The highest BCUT2D eigenvalue weighted by Gasteiger charge is 2.13. The van der Waals surface area contributed by atoms with Crippen LogP contribution in [0.25, 0.3) is 0 Å². The third kappa shape index (κ3) is 2.82. The van der Waals surface area contributed by atoms with Gasteiger partial charge in [0.05, 0.1) is 11.4 Å². The van der Waals surface area contributed by atoms with E-state index in [-0.39, 0.29) is 22.1 Å². The molecule has 1 aromatic carbocycles. The predicted molar refractivity (Wildman–Crippen MR) is 69.7 cm³/mol. The number of halogens is 3. The molecule has 0 atom stereocenters. The largest absolute Gasteiger partial charge is 0.388 e. The molecule has 0 fully saturated rings. The van der Waals surface area contributed by atoms with Crippen LogP contribution in [0.2, 0.25) is 0 Å². The first kappa shape index (κ1) is 13.3. The first-order valence-electron chi connectivity index (χ1n) is 5.15. The maximum atomic E-state index is 13.5. The molecule has 0 aliphatic rings. The van der Waals surface area contributed by atoms with Gasteiger partial charge in [0.25, 0.3) is 0 Å². The Labute approximate surface area is 112 Å². The lowest BCUT2D eigenvalue weighted by Crippen LogP contribution is -2.14. The highest BCUT2D eigenvalue weighted by atomic mass is 32.1. The minimum absolute atomic E-state index is 0.0135. The number of benzene rings is 1. The number of nitrogens with two attached hydrogens (primary N) is 1. The van der Waals surface area contributed by atoms with Gasteiger partial charge in [-0.2, -0.15) is 0 Å². The number of hydrogen-bond acceptors (Lipinski definition) is 3. The monoisotopic (exact) mass is 283 g/mol. The van der Waals surface area contributed by atoms with Gasteiger partial charge in [-0.25, -0.2) is 13.2 Å². The van der Waals surface area contributed by atoms with Gasteiger partial charge in [-0.05, 0) is 12.1 Å². The maximum absolute atomic E-state index is 13.5. The summed E-state index contributed by atoms with van der Waals surface area (Å²) in [4.78, 5) is 3.90. The van der Waals surface area contributed by atoms with E-state index in [0.29, 0.717) is 6.07 Å². The first-order valence-corrected chi connectivity index (χ1v) is 5.56. The van der Waals surface area contributed by atoms with Gasteiger partial charge in [0, 0.05) is 18.3 Å². The molecule has 0 amide bonds. The molecule has 0 aliphatic carbocycles. The second kappa shape index (κ2) is 5.23. The van der Waals surface area contributed by atoms with Crippen molar-refractivity contribution in [3.63, 3.8) is 0 Å². The van der Waals surface area contributed by atoms with E-state index < -0.39 is 17.5 Å². The summed E-state index contributed by atoms with van der Waals surface area (Å²) in [5.41, 5.74) is 5.57. The Morgan fingerprint density at radius 1 is 1.21 bits per heavy atom. The molecule has 0 saturated carbocycles. The van der Waals surface area contributed by atoms with Gasteiger partial charge < -0.3 is 11.1 Å². The van der Waals surface area contributed by atoms with Gasteiger partial charge in [0.2, 0.25) is 0 Å². The van der Waals surface area contributed by atoms with E-state index in [1.54, 1.807) is 6.07 Å². The molecule has 0 radical (unpaired) electrons. The van der Waals surface area contributed by atoms with Crippen LogP contribution in [-0.2, 0) is 0 Å². The van der Waals surface area contributed by atoms with Crippen molar-refractivity contribution in [1.29, 1.82) is 0 Å². The molecule has 19 heavy (non-hydrogen) atoms. The molecule has 0 spiro atoms. The summed E-state index contributed by atoms with van der Waals surface area (Å²) in [5, 5.41) is 2.52. The SMILES string of the molecule is NC(=S)c1ncccc1Nc1cc(F)cc(F)c1F. The average molecular weight is 283 g/mol. The second-order valence-corrected chi connectivity index (χ2v) is 4.08. The molecular formula is C12H8F3N3S. The molecule has 7 heteroatoms. The van der Waals surface area contributed by atoms with Crippen LogP contribution in [0.3, 0.4) is 0 Å². The molecule has 3 nitrogen and oxygen atoms in total. The van der Waals surface area contributed by atoms with E-state index in [1.165, 1.54) is 12.3 Å². The van der Waals surface area contributed by atoms with Gasteiger partial charge in [0.15, 0.2) is 11.6 Å². The summed E-state index contributed by atoms with van der Waals surface area (Å²) < 4.78 is 39.6. The summed E-state index contributed by atoms with van der Waals surface area (Å²) in [7, 11) is 0. The van der Waals surface area contributed by atoms with E-state index >= 15 is 0 Å². The zero-order chi connectivity index (χ0) is 14.0. The molecule has 98 valence electrons. The molecule has 0 bridgehead atoms. The molecule has 0 unspecified atom stereocenters. The topological polar surface area (TPSA) is 50.9 Å². The van der Waals surface area contributed by atoms with Crippen LogP contribution >= 0.6 is 12.2 Å². The van der Waals surface area contributed by atoms with Crippen LogP contribution in [0.5, 0.6) is 0 Å². The Balaban J connectivity index is 2.45. The average Bonchev–Trinajstić information content (AvgIpc) is 2.35. The molecule has 2 rings (SSSR count). The normalized spacial score (nSPS) is 10.3. The van der Waals surface area contributed by atoms with E-state index in [4.69, 9.17) is 18.0 Å². The van der Waals surface area contributed by atoms with Crippen molar-refractivity contribution in [3.8, 4) is 0 Å². The van der Waals surface area contributed by atoms with Crippen LogP contribution in [0.4, 0.5) is 24.5 Å². The van der Waals surface area contributed by atoms with Crippen molar-refractivity contribution in [1.82, 2.24) is 4.98 Å². The highest BCUT2D eigenvalue weighted by molar-refractivity contribution is 7.80. The highest BCUT2D eigenvalue weighted by Crippen LogP contribution is 2.24. The van der Waals surface area contributed by atoms with Crippen LogP contribution in [0, 0.1) is 17.5 Å². The number of rotatable bonds is 3. The van der Waals surface area contributed by atoms with Gasteiger partial charge in [-0.3, -0.25) is 4.98 Å². The van der Waals surface area contributed by atoms with Gasteiger partial charge in [-0.1, -0.05) is 12.2 Å². The second-order valence-electron chi connectivity index (χ2n) is 3.64. The van der Waals surface area contributed by atoms with E-state index in [9.17, 15) is 13.2 Å². The number of nitrogens with zero attached hydrogens (tertiary/aromatic N) is 1. The van der Waals surface area contributed by atoms with Gasteiger partial charge >= 0.3 is 0 Å². The molecule has 1 aromatic heterocycles. The van der Waals surface area contributed by atoms with Gasteiger partial charge in [-0.15, -0.1) is 0 Å². The zero-order valence-electron chi connectivity index (χ0n) is 9.45. The molecular weight excluding hydrogens is 275 g/mol. The minimum atomic E-state index is -1.29. The molecule has 1 heterocycles.